The highest BCUT2D eigenvalue weighted by Gasteiger charge is 2.10. The third-order valence-electron chi connectivity index (χ3n) is 1.89. The number of rotatable bonds is 5. The lowest BCUT2D eigenvalue weighted by Gasteiger charge is -2.14. The molecule has 0 saturated carbocycles. The molecule has 15 heavy (non-hydrogen) atoms. The number of thioether (sulfide) groups is 1. The summed E-state index contributed by atoms with van der Waals surface area (Å²) in [6.45, 7) is 0. The first-order valence-corrected chi connectivity index (χ1v) is 5.77. The normalized spacial score (nSPS) is 10.9. The summed E-state index contributed by atoms with van der Waals surface area (Å²) in [6.07, 6.45) is -0.245. The molecule has 0 fully saturated rings. The highest BCUT2D eigenvalue weighted by molar-refractivity contribution is 7.99. The van der Waals surface area contributed by atoms with E-state index in [9.17, 15) is 0 Å². The van der Waals surface area contributed by atoms with Gasteiger partial charge in [-0.15, -0.1) is 11.8 Å². The Labute approximate surface area is 98.9 Å². The quantitative estimate of drug-likeness (QED) is 0.494. The number of ether oxygens (including phenoxy) is 2. The van der Waals surface area contributed by atoms with Gasteiger partial charge in [-0.1, -0.05) is 17.7 Å². The van der Waals surface area contributed by atoms with Gasteiger partial charge in [0.1, 0.15) is 0 Å². The maximum Gasteiger partial charge on any atom is 0.166 e. The van der Waals surface area contributed by atoms with E-state index in [2.05, 4.69) is 0 Å². The fourth-order valence-corrected chi connectivity index (χ4v) is 2.42. The standard InChI is InChI=1S/C10H14ClNO2S/c1-13-9(14-2)6-15-10-7(11)4-3-5-8(10)12/h3-5,9H,6,12H2,1-2H3. The van der Waals surface area contributed by atoms with Crippen LogP contribution in [0.3, 0.4) is 0 Å². The molecular formula is C10H14ClNO2S. The first-order chi connectivity index (χ1) is 7.19. The Balaban J connectivity index is 2.64. The van der Waals surface area contributed by atoms with Crippen molar-refractivity contribution in [2.75, 3.05) is 25.7 Å². The van der Waals surface area contributed by atoms with E-state index in [1.807, 2.05) is 18.2 Å². The van der Waals surface area contributed by atoms with E-state index in [0.717, 1.165) is 4.90 Å². The van der Waals surface area contributed by atoms with Crippen LogP contribution >= 0.6 is 23.4 Å². The van der Waals surface area contributed by atoms with Crippen LogP contribution in [0.15, 0.2) is 23.1 Å². The van der Waals surface area contributed by atoms with Crippen molar-refractivity contribution >= 4 is 29.1 Å². The van der Waals surface area contributed by atoms with Crippen LogP contribution in [0.5, 0.6) is 0 Å². The van der Waals surface area contributed by atoms with E-state index < -0.39 is 0 Å². The second-order valence-corrected chi connectivity index (χ2v) is 4.31. The minimum Gasteiger partial charge on any atom is -0.398 e. The molecule has 0 bridgehead atoms. The molecule has 0 radical (unpaired) electrons. The maximum atomic E-state index is 6.02. The molecule has 2 N–H and O–H groups in total. The molecule has 0 saturated heterocycles. The van der Waals surface area contributed by atoms with Crippen molar-refractivity contribution < 1.29 is 9.47 Å². The minimum absolute atomic E-state index is 0.245. The molecular weight excluding hydrogens is 234 g/mol. The highest BCUT2D eigenvalue weighted by Crippen LogP contribution is 2.32. The van der Waals surface area contributed by atoms with Gasteiger partial charge in [-0.3, -0.25) is 0 Å². The van der Waals surface area contributed by atoms with Crippen LogP contribution in [0, 0.1) is 0 Å². The SMILES string of the molecule is COC(CSc1c(N)cccc1Cl)OC. The van der Waals surface area contributed by atoms with Crippen molar-refractivity contribution in [1.29, 1.82) is 0 Å². The van der Waals surface area contributed by atoms with E-state index in [1.54, 1.807) is 14.2 Å². The monoisotopic (exact) mass is 247 g/mol. The fourth-order valence-electron chi connectivity index (χ4n) is 1.06. The Bertz CT molecular complexity index is 298. The van der Waals surface area contributed by atoms with E-state index >= 15 is 0 Å². The lowest BCUT2D eigenvalue weighted by molar-refractivity contribution is -0.0842. The predicted molar refractivity (Wildman–Crippen MR) is 64.4 cm³/mol. The molecule has 84 valence electrons. The summed E-state index contributed by atoms with van der Waals surface area (Å²) in [7, 11) is 3.20. The first kappa shape index (κ1) is 12.6. The lowest BCUT2D eigenvalue weighted by Crippen LogP contribution is -2.15. The molecule has 1 aromatic carbocycles. The second kappa shape index (κ2) is 6.23. The molecule has 0 aliphatic heterocycles. The van der Waals surface area contributed by atoms with Gasteiger partial charge in [0.15, 0.2) is 6.29 Å². The number of benzene rings is 1. The third-order valence-corrected chi connectivity index (χ3v) is 3.50. The minimum atomic E-state index is -0.245. The number of anilines is 1. The first-order valence-electron chi connectivity index (χ1n) is 4.41. The lowest BCUT2D eigenvalue weighted by atomic mass is 10.3. The molecule has 3 nitrogen and oxygen atoms in total. The summed E-state index contributed by atoms with van der Waals surface area (Å²) in [5.41, 5.74) is 6.48. The van der Waals surface area contributed by atoms with Crippen LogP contribution in [-0.2, 0) is 9.47 Å². The second-order valence-electron chi connectivity index (χ2n) is 2.87. The number of hydrogen-bond acceptors (Lipinski definition) is 4. The number of nitrogens with two attached hydrogens (primary N) is 1. The van der Waals surface area contributed by atoms with E-state index in [4.69, 9.17) is 26.8 Å². The van der Waals surface area contributed by atoms with Gasteiger partial charge in [-0.2, -0.15) is 0 Å². The summed E-state index contributed by atoms with van der Waals surface area (Å²) in [6, 6.07) is 5.46. The van der Waals surface area contributed by atoms with Gasteiger partial charge in [-0.05, 0) is 12.1 Å². The van der Waals surface area contributed by atoms with Crippen LogP contribution in [0.25, 0.3) is 0 Å². The molecule has 0 aromatic heterocycles. The number of methoxy groups -OCH3 is 2. The van der Waals surface area contributed by atoms with Gasteiger partial charge in [0.2, 0.25) is 0 Å². The van der Waals surface area contributed by atoms with Crippen LogP contribution in [0.2, 0.25) is 5.02 Å². The average molecular weight is 248 g/mol. The van der Waals surface area contributed by atoms with Crippen molar-refractivity contribution in [3.8, 4) is 0 Å². The van der Waals surface area contributed by atoms with Crippen LogP contribution in [0.4, 0.5) is 5.69 Å². The van der Waals surface area contributed by atoms with Gasteiger partial charge >= 0.3 is 0 Å². The number of nitrogen functional groups attached to an aromatic ring is 1. The van der Waals surface area contributed by atoms with E-state index in [-0.39, 0.29) is 6.29 Å². The Morgan fingerprint density at radius 2 is 2.07 bits per heavy atom. The van der Waals surface area contributed by atoms with Crippen molar-refractivity contribution in [1.82, 2.24) is 0 Å². The Morgan fingerprint density at radius 1 is 1.40 bits per heavy atom. The van der Waals surface area contributed by atoms with Gasteiger partial charge in [0.05, 0.1) is 5.02 Å². The topological polar surface area (TPSA) is 44.5 Å². The Hall–Kier alpha value is -0.420. The molecule has 0 amide bonds. The van der Waals surface area contributed by atoms with Gasteiger partial charge < -0.3 is 15.2 Å². The van der Waals surface area contributed by atoms with Gasteiger partial charge in [0, 0.05) is 30.6 Å². The fraction of sp³-hybridized carbons (Fsp3) is 0.400. The number of halogens is 1. The van der Waals surface area contributed by atoms with Crippen molar-refractivity contribution in [2.24, 2.45) is 0 Å². The molecule has 5 heteroatoms. The summed E-state index contributed by atoms with van der Waals surface area (Å²) >= 11 is 7.54. The smallest absolute Gasteiger partial charge is 0.166 e. The summed E-state index contributed by atoms with van der Waals surface area (Å²) in [5.74, 6) is 0.654. The van der Waals surface area contributed by atoms with Gasteiger partial charge in [-0.25, -0.2) is 0 Å². The Kier molecular flexibility index (Phi) is 5.25. The highest BCUT2D eigenvalue weighted by atomic mass is 35.5. The maximum absolute atomic E-state index is 6.02. The van der Waals surface area contributed by atoms with Gasteiger partial charge in [0.25, 0.3) is 0 Å². The van der Waals surface area contributed by atoms with E-state index in [1.165, 1.54) is 11.8 Å². The zero-order valence-corrected chi connectivity index (χ0v) is 10.3. The average Bonchev–Trinajstić information content (AvgIpc) is 2.23. The zero-order valence-electron chi connectivity index (χ0n) is 8.70. The van der Waals surface area contributed by atoms with E-state index in [0.29, 0.717) is 16.5 Å². The van der Waals surface area contributed by atoms with Crippen molar-refractivity contribution in [3.05, 3.63) is 23.2 Å². The molecule has 1 rings (SSSR count). The van der Waals surface area contributed by atoms with Crippen LogP contribution < -0.4 is 5.73 Å². The van der Waals surface area contributed by atoms with Crippen molar-refractivity contribution in [2.45, 2.75) is 11.2 Å². The third kappa shape index (κ3) is 3.57. The van der Waals surface area contributed by atoms with Crippen molar-refractivity contribution in [3.63, 3.8) is 0 Å². The molecule has 0 aliphatic carbocycles. The largest absolute Gasteiger partial charge is 0.398 e. The molecule has 0 spiro atoms. The summed E-state index contributed by atoms with van der Waals surface area (Å²) < 4.78 is 10.1. The van der Waals surface area contributed by atoms with Crippen LogP contribution in [0.1, 0.15) is 0 Å². The Morgan fingerprint density at radius 3 is 2.60 bits per heavy atom. The summed E-state index contributed by atoms with van der Waals surface area (Å²) in [4.78, 5) is 0.873. The molecule has 0 aliphatic rings. The van der Waals surface area contributed by atoms with Crippen LogP contribution in [-0.4, -0.2) is 26.3 Å². The zero-order chi connectivity index (χ0) is 11.3. The predicted octanol–water partition coefficient (Wildman–Crippen LogP) is 2.63. The molecule has 0 atom stereocenters. The summed E-state index contributed by atoms with van der Waals surface area (Å²) in [5, 5.41) is 0.658. The molecule has 0 heterocycles. The molecule has 0 unspecified atom stereocenters. The number of hydrogen-bond donors (Lipinski definition) is 1. The molecule has 1 aromatic rings.